The highest BCUT2D eigenvalue weighted by Crippen LogP contribution is 2.29. The number of alkyl halides is 2. The fourth-order valence-corrected chi connectivity index (χ4v) is 5.22. The number of nitrogens with zero attached hydrogens (tertiary/aromatic N) is 1. The Morgan fingerprint density at radius 2 is 1.45 bits per heavy atom. The van der Waals surface area contributed by atoms with Gasteiger partial charge in [0.2, 0.25) is 0 Å². The molecule has 0 aliphatic carbocycles. The van der Waals surface area contributed by atoms with E-state index in [9.17, 15) is 0 Å². The highest BCUT2D eigenvalue weighted by atomic mass is 79.9. The number of hydrogen-bond donors (Lipinski definition) is 0. The van der Waals surface area contributed by atoms with E-state index in [0.29, 0.717) is 32.3 Å². The van der Waals surface area contributed by atoms with E-state index in [4.69, 9.17) is 25.8 Å². The summed E-state index contributed by atoms with van der Waals surface area (Å²) in [7, 11) is 4.46. The summed E-state index contributed by atoms with van der Waals surface area (Å²) in [4.78, 5) is 0. The standard InChI is InChI=1S/C30H47ClNO3S.CH3Br/c1-6-7-23-36-25-30(2,3)27-11-15-29(16-12-27)35-22-21-33-20-18-32(4,5)24-26-9-13-28(14-10-26)34-19-8-17-31;1-2/h9-16H,6-8,17-25H2,1-5H3;1H3/q+1;. The Kier molecular flexibility index (Phi) is 18.5. The van der Waals surface area contributed by atoms with Gasteiger partial charge in [0.25, 0.3) is 0 Å². The van der Waals surface area contributed by atoms with E-state index in [2.05, 4.69) is 99.0 Å². The Hall–Kier alpha value is -0.920. The summed E-state index contributed by atoms with van der Waals surface area (Å²) in [5.74, 6) is 6.63. The average molecular weight is 632 g/mol. The van der Waals surface area contributed by atoms with Crippen molar-refractivity contribution in [3.8, 4) is 11.5 Å². The highest BCUT2D eigenvalue weighted by Gasteiger charge is 2.20. The maximum atomic E-state index is 5.91. The first kappa shape index (κ1) is 35.1. The number of thioether (sulfide) groups is 1. The van der Waals surface area contributed by atoms with Crippen LogP contribution in [0.5, 0.6) is 11.5 Å². The second-order valence-corrected chi connectivity index (χ2v) is 12.1. The number of benzene rings is 2. The molecule has 2 aromatic carbocycles. The van der Waals surface area contributed by atoms with Crippen LogP contribution in [0.2, 0.25) is 0 Å². The van der Waals surface area contributed by atoms with E-state index in [1.807, 2.05) is 18.0 Å². The van der Waals surface area contributed by atoms with Crippen LogP contribution in [0.1, 0.15) is 51.2 Å². The van der Waals surface area contributed by atoms with Crippen molar-refractivity contribution < 1.29 is 18.7 Å². The molecule has 0 heterocycles. The van der Waals surface area contributed by atoms with Crippen LogP contribution in [-0.2, 0) is 16.7 Å². The van der Waals surface area contributed by atoms with Crippen molar-refractivity contribution in [2.75, 3.05) is 70.3 Å². The molecular weight excluding hydrogens is 582 g/mol. The Morgan fingerprint density at radius 1 is 0.842 bits per heavy atom. The normalized spacial score (nSPS) is 11.6. The first-order valence-corrected chi connectivity index (χ1v) is 16.9. The van der Waals surface area contributed by atoms with Gasteiger partial charge in [0.1, 0.15) is 31.2 Å². The monoisotopic (exact) mass is 630 g/mol. The van der Waals surface area contributed by atoms with Crippen molar-refractivity contribution in [3.05, 3.63) is 59.7 Å². The molecule has 0 N–H and O–H groups in total. The fraction of sp³-hybridized carbons (Fsp3) is 0.613. The molecule has 0 aliphatic heterocycles. The van der Waals surface area contributed by atoms with E-state index in [-0.39, 0.29) is 5.41 Å². The molecule has 0 saturated heterocycles. The van der Waals surface area contributed by atoms with Crippen LogP contribution in [-0.4, -0.2) is 74.8 Å². The lowest BCUT2D eigenvalue weighted by Crippen LogP contribution is -2.41. The van der Waals surface area contributed by atoms with Gasteiger partial charge in [0.15, 0.2) is 0 Å². The number of rotatable bonds is 19. The summed E-state index contributed by atoms with van der Waals surface area (Å²) >= 11 is 10.7. The number of quaternary nitrogens is 1. The molecule has 216 valence electrons. The molecule has 0 aliphatic rings. The molecule has 0 aromatic heterocycles. The third-order valence-corrected chi connectivity index (χ3v) is 7.93. The molecule has 0 atom stereocenters. The minimum atomic E-state index is 0.172. The first-order valence-electron chi connectivity index (χ1n) is 13.6. The van der Waals surface area contributed by atoms with Crippen molar-refractivity contribution in [2.24, 2.45) is 0 Å². The Bertz CT molecular complexity index is 847. The zero-order chi connectivity index (χ0) is 28.3. The molecule has 38 heavy (non-hydrogen) atoms. The SMILES string of the molecule is CBr.CCCCSCC(C)(C)c1ccc(OCCOCC[N+](C)(C)Cc2ccc(OCCCCl)cc2)cc1. The van der Waals surface area contributed by atoms with Crippen molar-refractivity contribution in [3.63, 3.8) is 0 Å². The van der Waals surface area contributed by atoms with Gasteiger partial charge in [0, 0.05) is 17.2 Å². The number of unbranched alkanes of at least 4 members (excludes halogenated alkanes) is 1. The highest BCUT2D eigenvalue weighted by molar-refractivity contribution is 9.08. The van der Waals surface area contributed by atoms with Gasteiger partial charge in [-0.2, -0.15) is 11.8 Å². The minimum Gasteiger partial charge on any atom is -0.494 e. The van der Waals surface area contributed by atoms with Crippen molar-refractivity contribution in [1.29, 1.82) is 0 Å². The lowest BCUT2D eigenvalue weighted by molar-refractivity contribution is -0.904. The van der Waals surface area contributed by atoms with Crippen LogP contribution in [0.4, 0.5) is 0 Å². The van der Waals surface area contributed by atoms with Crippen LogP contribution >= 0.6 is 39.3 Å². The summed E-state index contributed by atoms with van der Waals surface area (Å²) in [5.41, 5.74) is 2.83. The quantitative estimate of drug-likeness (QED) is 0.0888. The smallest absolute Gasteiger partial charge is 0.119 e. The summed E-state index contributed by atoms with van der Waals surface area (Å²) in [5, 5.41) is 0. The van der Waals surface area contributed by atoms with Crippen LogP contribution < -0.4 is 9.47 Å². The van der Waals surface area contributed by atoms with Gasteiger partial charge in [-0.05, 0) is 71.8 Å². The lowest BCUT2D eigenvalue weighted by atomic mass is 9.87. The van der Waals surface area contributed by atoms with Gasteiger partial charge in [-0.25, -0.2) is 0 Å². The summed E-state index contributed by atoms with van der Waals surface area (Å²) < 4.78 is 18.3. The van der Waals surface area contributed by atoms with Crippen LogP contribution in [0.3, 0.4) is 0 Å². The molecule has 2 rings (SSSR count). The van der Waals surface area contributed by atoms with Crippen molar-refractivity contribution in [2.45, 2.75) is 52.0 Å². The third-order valence-electron chi connectivity index (χ3n) is 6.16. The molecule has 0 unspecified atom stereocenters. The Labute approximate surface area is 250 Å². The predicted molar refractivity (Wildman–Crippen MR) is 171 cm³/mol. The average Bonchev–Trinajstić information content (AvgIpc) is 2.91. The molecule has 0 spiro atoms. The predicted octanol–water partition coefficient (Wildman–Crippen LogP) is 8.19. The van der Waals surface area contributed by atoms with E-state index in [0.717, 1.165) is 41.2 Å². The second-order valence-electron chi connectivity index (χ2n) is 10.6. The second kappa shape index (κ2) is 20.0. The lowest BCUT2D eigenvalue weighted by Gasteiger charge is -2.29. The molecule has 0 bridgehead atoms. The zero-order valence-electron chi connectivity index (χ0n) is 24.4. The molecular formula is C31H50BrClNO3S+. The molecule has 2 aromatic rings. The largest absolute Gasteiger partial charge is 0.494 e. The van der Waals surface area contributed by atoms with E-state index in [1.54, 1.807) is 0 Å². The number of ether oxygens (including phenoxy) is 3. The maximum Gasteiger partial charge on any atom is 0.119 e. The first-order chi connectivity index (χ1) is 18.3. The van der Waals surface area contributed by atoms with Crippen molar-refractivity contribution in [1.82, 2.24) is 0 Å². The van der Waals surface area contributed by atoms with E-state index >= 15 is 0 Å². The molecule has 4 nitrogen and oxygen atoms in total. The Morgan fingerprint density at radius 3 is 2.05 bits per heavy atom. The molecule has 0 saturated carbocycles. The van der Waals surface area contributed by atoms with Gasteiger partial charge in [-0.15, -0.1) is 11.6 Å². The topological polar surface area (TPSA) is 27.7 Å². The van der Waals surface area contributed by atoms with Gasteiger partial charge in [0.05, 0.1) is 33.9 Å². The van der Waals surface area contributed by atoms with Crippen LogP contribution in [0.15, 0.2) is 48.5 Å². The summed E-state index contributed by atoms with van der Waals surface area (Å²) in [6.07, 6.45) is 3.42. The van der Waals surface area contributed by atoms with E-state index < -0.39 is 0 Å². The minimum absolute atomic E-state index is 0.172. The molecule has 0 fully saturated rings. The number of halogens is 2. The fourth-order valence-electron chi connectivity index (χ4n) is 3.80. The van der Waals surface area contributed by atoms with E-state index in [1.165, 1.54) is 29.7 Å². The summed E-state index contributed by atoms with van der Waals surface area (Å²) in [6, 6.07) is 16.9. The van der Waals surface area contributed by atoms with Gasteiger partial charge >= 0.3 is 0 Å². The molecule has 0 radical (unpaired) electrons. The van der Waals surface area contributed by atoms with Crippen LogP contribution in [0, 0.1) is 0 Å². The number of hydrogen-bond acceptors (Lipinski definition) is 4. The molecule has 0 amide bonds. The van der Waals surface area contributed by atoms with Crippen LogP contribution in [0.25, 0.3) is 0 Å². The number of likely N-dealkylation sites (N-methyl/N-ethyl adjacent to an activating group) is 1. The Balaban J connectivity index is 0.00000352. The summed E-state index contributed by atoms with van der Waals surface area (Å²) in [6.45, 7) is 11.3. The van der Waals surface area contributed by atoms with Gasteiger partial charge in [-0.3, -0.25) is 0 Å². The van der Waals surface area contributed by atoms with Gasteiger partial charge < -0.3 is 18.7 Å². The van der Waals surface area contributed by atoms with Gasteiger partial charge in [-0.1, -0.05) is 55.3 Å². The molecule has 7 heteroatoms. The maximum absolute atomic E-state index is 5.91. The zero-order valence-corrected chi connectivity index (χ0v) is 27.6. The van der Waals surface area contributed by atoms with Crippen molar-refractivity contribution >= 4 is 39.3 Å². The third kappa shape index (κ3) is 15.0.